The molecule has 0 spiro atoms. The fourth-order valence-corrected chi connectivity index (χ4v) is 0.762. The number of hydrogen-bond donors (Lipinski definition) is 0. The second kappa shape index (κ2) is 2.72. The van der Waals surface area contributed by atoms with Crippen LogP contribution < -0.4 is 0 Å². The van der Waals surface area contributed by atoms with Gasteiger partial charge in [-0.3, -0.25) is 0 Å². The van der Waals surface area contributed by atoms with Crippen LogP contribution in [0.1, 0.15) is 11.1 Å². The molecule has 0 amide bonds. The quantitative estimate of drug-likeness (QED) is 0.557. The molecule has 2 heteroatoms. The molecule has 0 unspecified atom stereocenters. The molecule has 0 aliphatic rings. The van der Waals surface area contributed by atoms with Crippen LogP contribution in [-0.4, -0.2) is 0 Å². The molecule has 0 aromatic heterocycles. The van der Waals surface area contributed by atoms with E-state index >= 15 is 0 Å². The van der Waals surface area contributed by atoms with Gasteiger partial charge in [0.05, 0.1) is 11.6 Å². The fourth-order valence-electron chi connectivity index (χ4n) is 0.644. The summed E-state index contributed by atoms with van der Waals surface area (Å²) >= 11 is 5.67. The number of halogens is 1. The van der Waals surface area contributed by atoms with Gasteiger partial charge in [0.25, 0.3) is 0 Å². The average molecular weight is 151 g/mol. The highest BCUT2D eigenvalue weighted by atomic mass is 35.5. The van der Waals surface area contributed by atoms with Crippen molar-refractivity contribution in [2.45, 2.75) is 0 Å². The monoisotopic (exact) mass is 150 g/mol. The normalized spacial score (nSPS) is 8.90. The lowest BCUT2D eigenvalue weighted by Gasteiger charge is -1.94. The molecule has 0 N–H and O–H groups in total. The SMILES string of the molecule is [CH2]c1cc(C#N)ccc1Cl. The van der Waals surface area contributed by atoms with E-state index in [1.54, 1.807) is 18.2 Å². The predicted molar refractivity (Wildman–Crippen MR) is 40.6 cm³/mol. The van der Waals surface area contributed by atoms with Gasteiger partial charge in [0.1, 0.15) is 0 Å². The molecule has 10 heavy (non-hydrogen) atoms. The first-order chi connectivity index (χ1) is 4.74. The number of nitriles is 1. The summed E-state index contributed by atoms with van der Waals surface area (Å²) in [5, 5.41) is 9.03. The highest BCUT2D eigenvalue weighted by Crippen LogP contribution is 2.15. The highest BCUT2D eigenvalue weighted by Gasteiger charge is 1.94. The molecule has 1 radical (unpaired) electrons. The predicted octanol–water partition coefficient (Wildman–Crippen LogP) is 2.39. The smallest absolute Gasteiger partial charge is 0.0991 e. The van der Waals surface area contributed by atoms with Crippen molar-refractivity contribution in [3.63, 3.8) is 0 Å². The molecular weight excluding hydrogens is 146 g/mol. The van der Waals surface area contributed by atoms with Crippen molar-refractivity contribution in [1.82, 2.24) is 0 Å². The molecule has 0 bridgehead atoms. The third kappa shape index (κ3) is 1.29. The maximum Gasteiger partial charge on any atom is 0.0991 e. The Labute approximate surface area is 64.9 Å². The first-order valence-electron chi connectivity index (χ1n) is 2.75. The summed E-state index contributed by atoms with van der Waals surface area (Å²) in [4.78, 5) is 0. The van der Waals surface area contributed by atoms with Crippen LogP contribution in [0.4, 0.5) is 0 Å². The number of rotatable bonds is 0. The minimum Gasteiger partial charge on any atom is -0.192 e. The summed E-state index contributed by atoms with van der Waals surface area (Å²) in [7, 11) is 0. The van der Waals surface area contributed by atoms with Gasteiger partial charge in [0, 0.05) is 5.02 Å². The molecule has 1 aromatic carbocycles. The van der Waals surface area contributed by atoms with Gasteiger partial charge in [-0.2, -0.15) is 5.26 Å². The van der Waals surface area contributed by atoms with Crippen molar-refractivity contribution in [2.75, 3.05) is 0 Å². The first kappa shape index (κ1) is 7.11. The van der Waals surface area contributed by atoms with E-state index in [0.717, 1.165) is 0 Å². The summed E-state index contributed by atoms with van der Waals surface area (Å²) in [6.07, 6.45) is 0. The van der Waals surface area contributed by atoms with Gasteiger partial charge >= 0.3 is 0 Å². The second-order valence-corrected chi connectivity index (χ2v) is 2.33. The fraction of sp³-hybridized carbons (Fsp3) is 0. The molecule has 0 aliphatic heterocycles. The number of benzene rings is 1. The highest BCUT2D eigenvalue weighted by molar-refractivity contribution is 6.31. The molecule has 0 aliphatic carbocycles. The molecule has 0 atom stereocenters. The molecule has 0 saturated carbocycles. The summed E-state index contributed by atoms with van der Waals surface area (Å²) in [5.74, 6) is 0. The minimum absolute atomic E-state index is 0.592. The Kier molecular flexibility index (Phi) is 1.94. The Hall–Kier alpha value is -1.000. The van der Waals surface area contributed by atoms with Gasteiger partial charge in [-0.15, -0.1) is 0 Å². The Morgan fingerprint density at radius 2 is 2.20 bits per heavy atom. The van der Waals surface area contributed by atoms with Gasteiger partial charge in [0.15, 0.2) is 0 Å². The topological polar surface area (TPSA) is 23.8 Å². The van der Waals surface area contributed by atoms with E-state index < -0.39 is 0 Å². The molecule has 1 aromatic rings. The maximum absolute atomic E-state index is 8.43. The van der Waals surface area contributed by atoms with E-state index in [1.165, 1.54) is 0 Å². The van der Waals surface area contributed by atoms with Crippen LogP contribution in [0.5, 0.6) is 0 Å². The standard InChI is InChI=1S/C8H5ClN/c1-6-4-7(5-10)2-3-8(6)9/h2-4H,1H2. The summed E-state index contributed by atoms with van der Waals surface area (Å²) in [5.41, 5.74) is 1.29. The third-order valence-corrected chi connectivity index (χ3v) is 1.54. The Bertz CT molecular complexity index is 286. The lowest BCUT2D eigenvalue weighted by atomic mass is 10.2. The van der Waals surface area contributed by atoms with E-state index in [2.05, 4.69) is 6.92 Å². The Morgan fingerprint density at radius 1 is 1.50 bits per heavy atom. The van der Waals surface area contributed by atoms with E-state index in [1.807, 2.05) is 6.07 Å². The van der Waals surface area contributed by atoms with Gasteiger partial charge in [-0.1, -0.05) is 11.6 Å². The third-order valence-electron chi connectivity index (χ3n) is 1.17. The van der Waals surface area contributed by atoms with Crippen LogP contribution in [0, 0.1) is 18.3 Å². The van der Waals surface area contributed by atoms with Gasteiger partial charge < -0.3 is 0 Å². The van der Waals surface area contributed by atoms with E-state index in [9.17, 15) is 0 Å². The van der Waals surface area contributed by atoms with Crippen LogP contribution >= 0.6 is 11.6 Å². The van der Waals surface area contributed by atoms with Gasteiger partial charge in [-0.05, 0) is 30.7 Å². The average Bonchev–Trinajstić information content (AvgIpc) is 1.95. The van der Waals surface area contributed by atoms with Crippen molar-refractivity contribution in [2.24, 2.45) is 0 Å². The molecule has 0 heterocycles. The maximum atomic E-state index is 8.43. The van der Waals surface area contributed by atoms with Crippen LogP contribution in [0.15, 0.2) is 18.2 Å². The molecule has 1 nitrogen and oxygen atoms in total. The lowest BCUT2D eigenvalue weighted by Crippen LogP contribution is -1.77. The second-order valence-electron chi connectivity index (χ2n) is 1.92. The zero-order chi connectivity index (χ0) is 7.56. The van der Waals surface area contributed by atoms with Crippen LogP contribution in [0.25, 0.3) is 0 Å². The Balaban J connectivity index is 3.20. The molecule has 1 rings (SSSR count). The number of hydrogen-bond acceptors (Lipinski definition) is 1. The van der Waals surface area contributed by atoms with Crippen LogP contribution in [0.3, 0.4) is 0 Å². The number of nitrogens with zero attached hydrogens (tertiary/aromatic N) is 1. The minimum atomic E-state index is 0.592. The summed E-state index contributed by atoms with van der Waals surface area (Å²) in [6.45, 7) is 3.65. The Morgan fingerprint density at radius 3 is 2.70 bits per heavy atom. The van der Waals surface area contributed by atoms with E-state index in [4.69, 9.17) is 16.9 Å². The largest absolute Gasteiger partial charge is 0.192 e. The van der Waals surface area contributed by atoms with Crippen molar-refractivity contribution in [3.8, 4) is 6.07 Å². The molecule has 0 fully saturated rings. The van der Waals surface area contributed by atoms with Crippen molar-refractivity contribution >= 4 is 11.6 Å². The van der Waals surface area contributed by atoms with Crippen LogP contribution in [0.2, 0.25) is 5.02 Å². The molecular formula is C8H5ClN. The summed E-state index contributed by atoms with van der Waals surface area (Å²) < 4.78 is 0. The van der Waals surface area contributed by atoms with Crippen molar-refractivity contribution < 1.29 is 0 Å². The zero-order valence-electron chi connectivity index (χ0n) is 5.26. The van der Waals surface area contributed by atoms with Crippen LogP contribution in [-0.2, 0) is 0 Å². The zero-order valence-corrected chi connectivity index (χ0v) is 6.02. The van der Waals surface area contributed by atoms with Crippen molar-refractivity contribution in [1.29, 1.82) is 5.26 Å². The molecule has 0 saturated heterocycles. The van der Waals surface area contributed by atoms with E-state index in [0.29, 0.717) is 16.1 Å². The summed E-state index contributed by atoms with van der Waals surface area (Å²) in [6, 6.07) is 6.98. The van der Waals surface area contributed by atoms with Gasteiger partial charge in [-0.25, -0.2) is 0 Å². The van der Waals surface area contributed by atoms with E-state index in [-0.39, 0.29) is 0 Å². The van der Waals surface area contributed by atoms with Crippen molar-refractivity contribution in [3.05, 3.63) is 41.3 Å². The molecule has 49 valence electrons. The first-order valence-corrected chi connectivity index (χ1v) is 3.13. The lowest BCUT2D eigenvalue weighted by molar-refractivity contribution is 1.47. The van der Waals surface area contributed by atoms with Gasteiger partial charge in [0.2, 0.25) is 0 Å².